The Kier molecular flexibility index (Phi) is 3.70. The molecule has 4 heteroatoms. The van der Waals surface area contributed by atoms with Crippen molar-refractivity contribution in [2.24, 2.45) is 0 Å². The van der Waals surface area contributed by atoms with Crippen molar-refractivity contribution in [2.75, 3.05) is 25.1 Å². The van der Waals surface area contributed by atoms with Gasteiger partial charge in [0.25, 0.3) is 0 Å². The summed E-state index contributed by atoms with van der Waals surface area (Å²) >= 11 is 6.28. The van der Waals surface area contributed by atoms with Gasteiger partial charge >= 0.3 is 0 Å². The lowest BCUT2D eigenvalue weighted by atomic mass is 9.89. The summed E-state index contributed by atoms with van der Waals surface area (Å²) in [4.78, 5) is 0. The molecule has 0 aromatic heterocycles. The van der Waals surface area contributed by atoms with Crippen molar-refractivity contribution in [3.63, 3.8) is 0 Å². The summed E-state index contributed by atoms with van der Waals surface area (Å²) in [6, 6.07) is 6.42. The molecule has 1 aromatic carbocycles. The average Bonchev–Trinajstić information content (AvgIpc) is 2.82. The zero-order valence-corrected chi connectivity index (χ0v) is 12.0. The first-order valence-corrected chi connectivity index (χ1v) is 7.30. The summed E-state index contributed by atoms with van der Waals surface area (Å²) in [7, 11) is 0. The molecule has 0 saturated carbocycles. The van der Waals surface area contributed by atoms with Crippen LogP contribution in [0.2, 0.25) is 5.02 Å². The van der Waals surface area contributed by atoms with Crippen LogP contribution < -0.4 is 5.32 Å². The monoisotopic (exact) mass is 281 g/mol. The number of benzene rings is 1. The van der Waals surface area contributed by atoms with Gasteiger partial charge in [0, 0.05) is 25.7 Å². The van der Waals surface area contributed by atoms with Gasteiger partial charge in [-0.2, -0.15) is 0 Å². The number of anilines is 1. The Morgan fingerprint density at radius 3 is 3.00 bits per heavy atom. The first-order valence-electron chi connectivity index (χ1n) is 6.92. The average molecular weight is 282 g/mol. The van der Waals surface area contributed by atoms with Crippen molar-refractivity contribution in [3.8, 4) is 0 Å². The molecule has 0 radical (unpaired) electrons. The highest BCUT2D eigenvalue weighted by Crippen LogP contribution is 2.35. The second-order valence-electron chi connectivity index (χ2n) is 5.60. The van der Waals surface area contributed by atoms with E-state index in [-0.39, 0.29) is 5.60 Å². The van der Waals surface area contributed by atoms with E-state index in [1.807, 2.05) is 12.1 Å². The molecule has 0 bridgehead atoms. The van der Waals surface area contributed by atoms with Gasteiger partial charge in [-0.15, -0.1) is 0 Å². The van der Waals surface area contributed by atoms with E-state index in [0.717, 1.165) is 49.8 Å². The van der Waals surface area contributed by atoms with Crippen molar-refractivity contribution in [1.29, 1.82) is 0 Å². The normalized spacial score (nSPS) is 30.7. The quantitative estimate of drug-likeness (QED) is 0.901. The Labute approximate surface area is 119 Å². The van der Waals surface area contributed by atoms with E-state index < -0.39 is 0 Å². The second-order valence-corrected chi connectivity index (χ2v) is 6.01. The number of nitrogens with one attached hydrogen (secondary N) is 1. The second kappa shape index (κ2) is 5.31. The molecule has 3 nitrogen and oxygen atoms in total. The lowest BCUT2D eigenvalue weighted by Gasteiger charge is -2.38. The zero-order chi connectivity index (χ0) is 13.3. The molecule has 2 saturated heterocycles. The van der Waals surface area contributed by atoms with Gasteiger partial charge in [-0.1, -0.05) is 23.7 Å². The number of para-hydroxylation sites is 1. The molecule has 1 spiro atoms. The molecule has 1 aromatic rings. The first-order chi connectivity index (χ1) is 9.19. The van der Waals surface area contributed by atoms with Gasteiger partial charge in [-0.3, -0.25) is 0 Å². The molecule has 2 atom stereocenters. The Balaban J connectivity index is 1.73. The van der Waals surface area contributed by atoms with Crippen LogP contribution in [0.15, 0.2) is 18.2 Å². The highest BCUT2D eigenvalue weighted by atomic mass is 35.5. The predicted octanol–water partition coefficient (Wildman–Crippen LogP) is 3.40. The van der Waals surface area contributed by atoms with Crippen LogP contribution in [-0.4, -0.2) is 31.5 Å². The van der Waals surface area contributed by atoms with Crippen molar-refractivity contribution in [3.05, 3.63) is 28.8 Å². The first kappa shape index (κ1) is 13.2. The third-order valence-corrected chi connectivity index (χ3v) is 4.45. The van der Waals surface area contributed by atoms with Gasteiger partial charge in [0.1, 0.15) is 0 Å². The smallest absolute Gasteiger partial charge is 0.0956 e. The molecule has 19 heavy (non-hydrogen) atoms. The van der Waals surface area contributed by atoms with Crippen molar-refractivity contribution in [2.45, 2.75) is 37.8 Å². The Hall–Kier alpha value is -0.770. The summed E-state index contributed by atoms with van der Waals surface area (Å²) in [5.74, 6) is 0. The summed E-state index contributed by atoms with van der Waals surface area (Å²) in [6.45, 7) is 4.43. The molecule has 2 unspecified atom stereocenters. The maximum atomic E-state index is 6.28. The number of aryl methyl sites for hydroxylation is 1. The van der Waals surface area contributed by atoms with Gasteiger partial charge in [-0.05, 0) is 31.4 Å². The summed E-state index contributed by atoms with van der Waals surface area (Å²) in [6.07, 6.45) is 3.02. The Bertz CT molecular complexity index is 437. The van der Waals surface area contributed by atoms with E-state index in [1.165, 1.54) is 5.56 Å². The predicted molar refractivity (Wildman–Crippen MR) is 77.0 cm³/mol. The SMILES string of the molecule is Cc1cccc(Cl)c1NC1CCOC2(CCOC2)C1. The summed E-state index contributed by atoms with van der Waals surface area (Å²) in [5, 5.41) is 4.40. The van der Waals surface area contributed by atoms with Crippen molar-refractivity contribution in [1.82, 2.24) is 0 Å². The molecule has 2 aliphatic rings. The van der Waals surface area contributed by atoms with Gasteiger partial charge in [0.05, 0.1) is 22.9 Å². The molecule has 2 aliphatic heterocycles. The number of ether oxygens (including phenoxy) is 2. The fraction of sp³-hybridized carbons (Fsp3) is 0.600. The van der Waals surface area contributed by atoms with Crippen molar-refractivity contribution < 1.29 is 9.47 Å². The third kappa shape index (κ3) is 2.73. The highest BCUT2D eigenvalue weighted by molar-refractivity contribution is 6.33. The van der Waals surface area contributed by atoms with Crippen LogP contribution >= 0.6 is 11.6 Å². The van der Waals surface area contributed by atoms with Crippen LogP contribution in [0.5, 0.6) is 0 Å². The number of hydrogen-bond acceptors (Lipinski definition) is 3. The van der Waals surface area contributed by atoms with Crippen LogP contribution in [0.1, 0.15) is 24.8 Å². The van der Waals surface area contributed by atoms with Crippen molar-refractivity contribution >= 4 is 17.3 Å². The van der Waals surface area contributed by atoms with E-state index in [2.05, 4.69) is 18.3 Å². The minimum atomic E-state index is -0.0644. The maximum Gasteiger partial charge on any atom is 0.0956 e. The lowest BCUT2D eigenvalue weighted by Crippen LogP contribution is -2.45. The molecule has 2 heterocycles. The van der Waals surface area contributed by atoms with Gasteiger partial charge in [0.15, 0.2) is 0 Å². The van der Waals surface area contributed by atoms with E-state index in [1.54, 1.807) is 0 Å². The fourth-order valence-electron chi connectivity index (χ4n) is 3.03. The topological polar surface area (TPSA) is 30.5 Å². The third-order valence-electron chi connectivity index (χ3n) is 4.13. The van der Waals surface area contributed by atoms with E-state index in [9.17, 15) is 0 Å². The molecule has 1 N–H and O–H groups in total. The number of halogens is 1. The minimum absolute atomic E-state index is 0.0644. The Morgan fingerprint density at radius 2 is 2.26 bits per heavy atom. The van der Waals surface area contributed by atoms with Gasteiger partial charge < -0.3 is 14.8 Å². The van der Waals surface area contributed by atoms with Gasteiger partial charge in [-0.25, -0.2) is 0 Å². The lowest BCUT2D eigenvalue weighted by molar-refractivity contribution is -0.0828. The minimum Gasteiger partial charge on any atom is -0.381 e. The largest absolute Gasteiger partial charge is 0.381 e. The molecule has 3 rings (SSSR count). The fourth-order valence-corrected chi connectivity index (χ4v) is 3.31. The van der Waals surface area contributed by atoms with Gasteiger partial charge in [0.2, 0.25) is 0 Å². The zero-order valence-electron chi connectivity index (χ0n) is 11.2. The standard InChI is InChI=1S/C15H20ClNO2/c1-11-3-2-4-13(16)14(11)17-12-5-7-19-15(9-12)6-8-18-10-15/h2-4,12,17H,5-10H2,1H3. The van der Waals surface area contributed by atoms with E-state index >= 15 is 0 Å². The molecular formula is C15H20ClNO2. The number of hydrogen-bond donors (Lipinski definition) is 1. The van der Waals surface area contributed by atoms with E-state index in [4.69, 9.17) is 21.1 Å². The summed E-state index contributed by atoms with van der Waals surface area (Å²) in [5.41, 5.74) is 2.19. The van der Waals surface area contributed by atoms with Crippen LogP contribution in [0, 0.1) is 6.92 Å². The maximum absolute atomic E-state index is 6.28. The van der Waals surface area contributed by atoms with Crippen LogP contribution in [0.3, 0.4) is 0 Å². The molecule has 2 fully saturated rings. The van der Waals surface area contributed by atoms with Crippen LogP contribution in [0.4, 0.5) is 5.69 Å². The van der Waals surface area contributed by atoms with Crippen LogP contribution in [-0.2, 0) is 9.47 Å². The highest BCUT2D eigenvalue weighted by Gasteiger charge is 2.41. The molecule has 0 amide bonds. The molecular weight excluding hydrogens is 262 g/mol. The molecule has 104 valence electrons. The number of rotatable bonds is 2. The Morgan fingerprint density at radius 1 is 1.37 bits per heavy atom. The summed E-state index contributed by atoms with van der Waals surface area (Å²) < 4.78 is 11.5. The van der Waals surface area contributed by atoms with E-state index in [0.29, 0.717) is 6.04 Å². The van der Waals surface area contributed by atoms with Crippen LogP contribution in [0.25, 0.3) is 0 Å². The molecule has 0 aliphatic carbocycles.